The molecule has 0 spiro atoms. The number of benzene rings is 1. The van der Waals surface area contributed by atoms with Crippen LogP contribution >= 0.6 is 11.6 Å². The van der Waals surface area contributed by atoms with Crippen molar-refractivity contribution in [1.29, 1.82) is 0 Å². The second kappa shape index (κ2) is 8.44. The molecule has 0 aliphatic heterocycles. The van der Waals surface area contributed by atoms with Crippen LogP contribution in [-0.4, -0.2) is 30.4 Å². The maximum atomic E-state index is 12.6. The Balaban J connectivity index is 1.66. The van der Waals surface area contributed by atoms with E-state index in [2.05, 4.69) is 15.5 Å². The Kier molecular flexibility index (Phi) is 5.97. The molecule has 0 aliphatic rings. The molecule has 0 saturated heterocycles. The molecule has 3 aromatic rings. The van der Waals surface area contributed by atoms with Crippen LogP contribution in [0.4, 0.5) is 11.4 Å². The fourth-order valence-corrected chi connectivity index (χ4v) is 3.25. The Morgan fingerprint density at radius 2 is 2.14 bits per heavy atom. The number of anilines is 1. The van der Waals surface area contributed by atoms with Gasteiger partial charge in [-0.05, 0) is 31.5 Å². The predicted octanol–water partition coefficient (Wildman–Crippen LogP) is 3.58. The Hall–Kier alpha value is -3.20. The molecular weight excluding hydrogens is 396 g/mol. The zero-order chi connectivity index (χ0) is 21.1. The van der Waals surface area contributed by atoms with Gasteiger partial charge in [0.25, 0.3) is 0 Å². The summed E-state index contributed by atoms with van der Waals surface area (Å²) in [4.78, 5) is 23.3. The highest BCUT2D eigenvalue weighted by atomic mass is 35.5. The zero-order valence-electron chi connectivity index (χ0n) is 16.3. The second-order valence-corrected chi connectivity index (χ2v) is 7.34. The third-order valence-electron chi connectivity index (χ3n) is 4.56. The van der Waals surface area contributed by atoms with Crippen molar-refractivity contribution < 1.29 is 9.72 Å². The zero-order valence-corrected chi connectivity index (χ0v) is 17.1. The van der Waals surface area contributed by atoms with E-state index in [9.17, 15) is 14.9 Å². The van der Waals surface area contributed by atoms with Crippen molar-refractivity contribution in [3.63, 3.8) is 0 Å². The van der Waals surface area contributed by atoms with Crippen LogP contribution in [0.1, 0.15) is 23.9 Å². The van der Waals surface area contributed by atoms with Gasteiger partial charge in [-0.1, -0.05) is 30.7 Å². The predicted molar refractivity (Wildman–Crippen MR) is 109 cm³/mol. The number of aryl methyl sites for hydroxylation is 1. The Morgan fingerprint density at radius 3 is 2.76 bits per heavy atom. The van der Waals surface area contributed by atoms with Crippen molar-refractivity contribution >= 4 is 28.9 Å². The van der Waals surface area contributed by atoms with E-state index in [0.717, 1.165) is 5.56 Å². The summed E-state index contributed by atoms with van der Waals surface area (Å²) in [6, 6.07) is 7.46. The summed E-state index contributed by atoms with van der Waals surface area (Å²) in [7, 11) is 0. The number of hydrogen-bond donors (Lipinski definition) is 1. The number of nitro groups is 1. The fraction of sp³-hybridized carbons (Fsp3) is 0.316. The van der Waals surface area contributed by atoms with E-state index in [4.69, 9.17) is 11.6 Å². The lowest BCUT2D eigenvalue weighted by molar-refractivity contribution is -0.386. The molecule has 3 rings (SSSR count). The molecule has 2 aromatic heterocycles. The van der Waals surface area contributed by atoms with E-state index in [1.54, 1.807) is 43.9 Å². The van der Waals surface area contributed by atoms with E-state index in [0.29, 0.717) is 28.6 Å². The Bertz CT molecular complexity index is 1060. The SMILES string of the molecule is Cc1nn(CC(C)C(=O)Nc2cccc(Cn3cc(Cl)cn3)c2)c(C)c1[N+](=O)[O-]. The maximum Gasteiger partial charge on any atom is 0.312 e. The maximum absolute atomic E-state index is 12.6. The van der Waals surface area contributed by atoms with Gasteiger partial charge in [-0.25, -0.2) is 0 Å². The van der Waals surface area contributed by atoms with Crippen LogP contribution in [-0.2, 0) is 17.9 Å². The summed E-state index contributed by atoms with van der Waals surface area (Å²) in [5, 5.41) is 22.9. The molecule has 0 bridgehead atoms. The number of amides is 1. The lowest BCUT2D eigenvalue weighted by Crippen LogP contribution is -2.25. The van der Waals surface area contributed by atoms with Gasteiger partial charge >= 0.3 is 5.69 Å². The van der Waals surface area contributed by atoms with Crippen LogP contribution in [0.25, 0.3) is 0 Å². The molecule has 1 unspecified atom stereocenters. The smallest absolute Gasteiger partial charge is 0.312 e. The van der Waals surface area contributed by atoms with Gasteiger partial charge in [-0.2, -0.15) is 10.2 Å². The normalized spacial score (nSPS) is 12.0. The van der Waals surface area contributed by atoms with Crippen molar-refractivity contribution in [3.05, 3.63) is 68.7 Å². The molecule has 1 atom stereocenters. The molecule has 0 radical (unpaired) electrons. The molecule has 10 heteroatoms. The summed E-state index contributed by atoms with van der Waals surface area (Å²) >= 11 is 5.88. The van der Waals surface area contributed by atoms with Crippen LogP contribution in [0, 0.1) is 29.9 Å². The van der Waals surface area contributed by atoms with Gasteiger partial charge in [0.1, 0.15) is 11.4 Å². The van der Waals surface area contributed by atoms with Gasteiger partial charge < -0.3 is 5.32 Å². The topological polar surface area (TPSA) is 108 Å². The van der Waals surface area contributed by atoms with Gasteiger partial charge in [0.15, 0.2) is 0 Å². The van der Waals surface area contributed by atoms with Crippen LogP contribution in [0.15, 0.2) is 36.7 Å². The molecule has 9 nitrogen and oxygen atoms in total. The molecule has 1 amide bonds. The van der Waals surface area contributed by atoms with E-state index in [-0.39, 0.29) is 18.1 Å². The van der Waals surface area contributed by atoms with Crippen LogP contribution in [0.2, 0.25) is 5.02 Å². The van der Waals surface area contributed by atoms with Crippen molar-refractivity contribution in [1.82, 2.24) is 19.6 Å². The number of rotatable bonds is 7. The average Bonchev–Trinajstić information content (AvgIpc) is 3.17. The highest BCUT2D eigenvalue weighted by molar-refractivity contribution is 6.30. The standard InChI is InChI=1S/C19H21ClN6O3/c1-12(9-25-14(3)18(26(28)29)13(2)23-25)19(27)22-17-6-4-5-15(7-17)10-24-11-16(20)8-21-24/h4-8,11-12H,9-10H2,1-3H3,(H,22,27). The van der Waals surface area contributed by atoms with E-state index in [1.807, 2.05) is 18.2 Å². The van der Waals surface area contributed by atoms with Gasteiger partial charge in [-0.3, -0.25) is 24.3 Å². The second-order valence-electron chi connectivity index (χ2n) is 6.91. The van der Waals surface area contributed by atoms with Crippen LogP contribution < -0.4 is 5.32 Å². The molecule has 0 aliphatic carbocycles. The molecule has 1 N–H and O–H groups in total. The minimum atomic E-state index is -0.447. The number of aromatic nitrogens is 4. The number of carbonyl (C=O) groups is 1. The van der Waals surface area contributed by atoms with E-state index in [1.165, 1.54) is 4.68 Å². The Labute approximate surface area is 172 Å². The van der Waals surface area contributed by atoms with Gasteiger partial charge in [-0.15, -0.1) is 0 Å². The molecule has 152 valence electrons. The van der Waals surface area contributed by atoms with Crippen molar-refractivity contribution in [2.24, 2.45) is 5.92 Å². The molecule has 0 saturated carbocycles. The van der Waals surface area contributed by atoms with E-state index >= 15 is 0 Å². The highest BCUT2D eigenvalue weighted by Crippen LogP contribution is 2.23. The minimum absolute atomic E-state index is 0.0102. The van der Waals surface area contributed by atoms with E-state index < -0.39 is 10.8 Å². The molecule has 0 fully saturated rings. The number of nitrogens with zero attached hydrogens (tertiary/aromatic N) is 5. The Morgan fingerprint density at radius 1 is 1.38 bits per heavy atom. The molecular formula is C19H21ClN6O3. The van der Waals surface area contributed by atoms with Crippen molar-refractivity contribution in [3.8, 4) is 0 Å². The first-order valence-corrected chi connectivity index (χ1v) is 9.38. The number of nitrogens with one attached hydrogen (secondary N) is 1. The average molecular weight is 417 g/mol. The monoisotopic (exact) mass is 416 g/mol. The lowest BCUT2D eigenvalue weighted by atomic mass is 10.1. The third-order valence-corrected chi connectivity index (χ3v) is 4.76. The molecule has 2 heterocycles. The lowest BCUT2D eigenvalue weighted by Gasteiger charge is -2.14. The van der Waals surface area contributed by atoms with Crippen molar-refractivity contribution in [2.75, 3.05) is 5.32 Å². The summed E-state index contributed by atoms with van der Waals surface area (Å²) in [6.45, 7) is 5.75. The largest absolute Gasteiger partial charge is 0.326 e. The fourth-order valence-electron chi connectivity index (χ4n) is 3.10. The number of carbonyl (C=O) groups excluding carboxylic acids is 1. The minimum Gasteiger partial charge on any atom is -0.326 e. The van der Waals surface area contributed by atoms with Crippen molar-refractivity contribution in [2.45, 2.75) is 33.9 Å². The molecule has 29 heavy (non-hydrogen) atoms. The first-order chi connectivity index (χ1) is 13.7. The summed E-state index contributed by atoms with van der Waals surface area (Å²) in [5.41, 5.74) is 2.39. The molecule has 1 aromatic carbocycles. The van der Waals surface area contributed by atoms with Gasteiger partial charge in [0, 0.05) is 11.9 Å². The number of hydrogen-bond acceptors (Lipinski definition) is 5. The summed E-state index contributed by atoms with van der Waals surface area (Å²) in [5.74, 6) is -0.624. The third kappa shape index (κ3) is 4.80. The highest BCUT2D eigenvalue weighted by Gasteiger charge is 2.24. The van der Waals surface area contributed by atoms with Gasteiger partial charge in [0.05, 0.1) is 35.2 Å². The summed E-state index contributed by atoms with van der Waals surface area (Å²) < 4.78 is 3.22. The summed E-state index contributed by atoms with van der Waals surface area (Å²) in [6.07, 6.45) is 3.29. The van der Waals surface area contributed by atoms with Crippen LogP contribution in [0.3, 0.4) is 0 Å². The first kappa shape index (κ1) is 20.5. The first-order valence-electron chi connectivity index (χ1n) is 9.00. The quantitative estimate of drug-likeness (QED) is 0.467. The number of halogens is 1. The van der Waals surface area contributed by atoms with Crippen LogP contribution in [0.5, 0.6) is 0 Å². The van der Waals surface area contributed by atoms with Gasteiger partial charge in [0.2, 0.25) is 5.91 Å².